The minimum Gasteiger partial charge on any atom is -0.507 e. The first-order chi connectivity index (χ1) is 13.1. The average Bonchev–Trinajstić information content (AvgIpc) is 3.36. The number of ether oxygens (including phenoxy) is 1. The molecule has 0 bridgehead atoms. The average molecular weight is 370 g/mol. The molecule has 0 saturated carbocycles. The fraction of sp³-hybridized carbons (Fsp3) is 0.368. The number of aromatic nitrogens is 1. The number of likely N-dealkylation sites (tertiary alicyclic amines) is 1. The van der Waals surface area contributed by atoms with Gasteiger partial charge in [0.15, 0.2) is 11.6 Å². The monoisotopic (exact) mass is 370 g/mol. The number of carbonyl (C=O) groups is 2. The highest BCUT2D eigenvalue weighted by Gasteiger charge is 2.28. The lowest BCUT2D eigenvalue weighted by Crippen LogP contribution is -2.29. The Kier molecular flexibility index (Phi) is 4.39. The second kappa shape index (κ2) is 6.86. The molecule has 8 nitrogen and oxygen atoms in total. The number of aromatic hydroxyl groups is 1. The number of fused-ring (bicyclic) bond motifs is 1. The van der Waals surface area contributed by atoms with Crippen LogP contribution in [0.25, 0.3) is 0 Å². The van der Waals surface area contributed by atoms with Crippen molar-refractivity contribution in [3.63, 3.8) is 0 Å². The normalized spacial score (nSPS) is 16.0. The maximum absolute atomic E-state index is 12.7. The van der Waals surface area contributed by atoms with E-state index in [4.69, 9.17) is 4.74 Å². The van der Waals surface area contributed by atoms with Gasteiger partial charge in [-0.15, -0.1) is 0 Å². The molecule has 27 heavy (non-hydrogen) atoms. The summed E-state index contributed by atoms with van der Waals surface area (Å²) >= 11 is 0. The molecule has 3 heterocycles. The Bertz CT molecular complexity index is 886. The zero-order chi connectivity index (χ0) is 19.0. The highest BCUT2D eigenvalue weighted by molar-refractivity contribution is 5.97. The van der Waals surface area contributed by atoms with Crippen molar-refractivity contribution in [2.45, 2.75) is 12.8 Å². The Morgan fingerprint density at radius 1 is 1.19 bits per heavy atom. The fourth-order valence-electron chi connectivity index (χ4n) is 3.57. The number of phenolic OH excluding ortho intramolecular Hbond substituents is 1. The van der Waals surface area contributed by atoms with E-state index in [1.54, 1.807) is 24.3 Å². The molecule has 2 aliphatic rings. The predicted octanol–water partition coefficient (Wildman–Crippen LogP) is 1.85. The molecule has 0 atom stereocenters. The molecule has 4 rings (SSSR count). The number of amides is 2. The maximum atomic E-state index is 12.7. The number of hydrogen-bond acceptors (Lipinski definition) is 5. The van der Waals surface area contributed by atoms with Crippen LogP contribution in [0.15, 0.2) is 24.3 Å². The molecule has 8 heteroatoms. The lowest BCUT2D eigenvalue weighted by molar-refractivity contribution is 0.0787. The van der Waals surface area contributed by atoms with Gasteiger partial charge in [0.1, 0.15) is 18.1 Å². The molecule has 2 aliphatic heterocycles. The van der Waals surface area contributed by atoms with Gasteiger partial charge < -0.3 is 29.9 Å². The number of hydrogen-bond donors (Lipinski definition) is 3. The van der Waals surface area contributed by atoms with Crippen LogP contribution >= 0.6 is 0 Å². The molecule has 1 aromatic carbocycles. The van der Waals surface area contributed by atoms with E-state index in [-0.39, 0.29) is 23.1 Å². The van der Waals surface area contributed by atoms with Crippen molar-refractivity contribution in [1.82, 2.24) is 15.2 Å². The molecule has 0 spiro atoms. The topological polar surface area (TPSA) is 97.9 Å². The van der Waals surface area contributed by atoms with E-state index in [1.165, 1.54) is 7.05 Å². The van der Waals surface area contributed by atoms with Gasteiger partial charge in [-0.25, -0.2) is 0 Å². The van der Waals surface area contributed by atoms with E-state index in [1.807, 2.05) is 9.80 Å². The highest BCUT2D eigenvalue weighted by Crippen LogP contribution is 2.38. The molecule has 0 unspecified atom stereocenters. The lowest BCUT2D eigenvalue weighted by atomic mass is 10.1. The standard InChI is InChI=1S/C19H22N4O4/c1-20-18(25)13-5-4-12(10-15(13)24)23-8-9-27-16-11-14(21-17(16)23)19(26)22-6-2-3-7-22/h4-5,10-11,21,24H,2-3,6-9H2,1H3,(H,20,25). The maximum Gasteiger partial charge on any atom is 0.270 e. The SMILES string of the molecule is CNC(=O)c1ccc(N2CCOc3cc(C(=O)N4CCCC4)[nH]c32)cc1O. The van der Waals surface area contributed by atoms with E-state index >= 15 is 0 Å². The quantitative estimate of drug-likeness (QED) is 0.766. The Morgan fingerprint density at radius 2 is 1.96 bits per heavy atom. The second-order valence-corrected chi connectivity index (χ2v) is 6.68. The van der Waals surface area contributed by atoms with Crippen LogP contribution in [0, 0.1) is 0 Å². The number of nitrogens with zero attached hydrogens (tertiary/aromatic N) is 2. The zero-order valence-corrected chi connectivity index (χ0v) is 15.1. The molecular formula is C19H22N4O4. The molecular weight excluding hydrogens is 348 g/mol. The molecule has 2 aromatic rings. The van der Waals surface area contributed by atoms with Gasteiger partial charge in [0.2, 0.25) is 0 Å². The first-order valence-electron chi connectivity index (χ1n) is 9.06. The number of H-pyrrole nitrogens is 1. The summed E-state index contributed by atoms with van der Waals surface area (Å²) in [4.78, 5) is 31.4. The van der Waals surface area contributed by atoms with Crippen LogP contribution in [-0.4, -0.2) is 60.1 Å². The smallest absolute Gasteiger partial charge is 0.270 e. The summed E-state index contributed by atoms with van der Waals surface area (Å²) in [5.41, 5.74) is 1.43. The van der Waals surface area contributed by atoms with Crippen LogP contribution in [0.3, 0.4) is 0 Å². The van der Waals surface area contributed by atoms with E-state index < -0.39 is 0 Å². The van der Waals surface area contributed by atoms with Crippen molar-refractivity contribution in [2.24, 2.45) is 0 Å². The summed E-state index contributed by atoms with van der Waals surface area (Å²) in [6.07, 6.45) is 2.07. The number of carbonyl (C=O) groups excluding carboxylic acids is 2. The van der Waals surface area contributed by atoms with Crippen molar-refractivity contribution in [2.75, 3.05) is 38.2 Å². The molecule has 1 fully saturated rings. The molecule has 0 radical (unpaired) electrons. The summed E-state index contributed by atoms with van der Waals surface area (Å²) in [6, 6.07) is 6.63. The third-order valence-corrected chi connectivity index (χ3v) is 4.99. The third-order valence-electron chi connectivity index (χ3n) is 4.99. The summed E-state index contributed by atoms with van der Waals surface area (Å²) in [5.74, 6) is 0.817. The van der Waals surface area contributed by atoms with Crippen LogP contribution < -0.4 is 15.0 Å². The molecule has 142 valence electrons. The number of nitrogens with one attached hydrogen (secondary N) is 2. The van der Waals surface area contributed by atoms with Crippen LogP contribution in [0.1, 0.15) is 33.7 Å². The van der Waals surface area contributed by atoms with Crippen molar-refractivity contribution in [3.05, 3.63) is 35.5 Å². The van der Waals surface area contributed by atoms with Gasteiger partial charge in [0, 0.05) is 38.0 Å². The van der Waals surface area contributed by atoms with Crippen LogP contribution in [0.5, 0.6) is 11.5 Å². The molecule has 2 amide bonds. The van der Waals surface area contributed by atoms with E-state index in [9.17, 15) is 14.7 Å². The summed E-state index contributed by atoms with van der Waals surface area (Å²) in [6.45, 7) is 2.58. The number of anilines is 2. The van der Waals surface area contributed by atoms with Gasteiger partial charge in [-0.2, -0.15) is 0 Å². The minimum absolute atomic E-state index is 0.0248. The van der Waals surface area contributed by atoms with Crippen LogP contribution in [0.2, 0.25) is 0 Å². The van der Waals surface area contributed by atoms with Gasteiger partial charge in [0.05, 0.1) is 12.1 Å². The summed E-state index contributed by atoms with van der Waals surface area (Å²) in [7, 11) is 1.52. The number of phenols is 1. The van der Waals surface area contributed by atoms with Crippen LogP contribution in [-0.2, 0) is 0 Å². The number of benzene rings is 1. The predicted molar refractivity (Wildman–Crippen MR) is 99.9 cm³/mol. The summed E-state index contributed by atoms with van der Waals surface area (Å²) < 4.78 is 5.71. The van der Waals surface area contributed by atoms with Gasteiger partial charge in [-0.1, -0.05) is 0 Å². The van der Waals surface area contributed by atoms with Crippen LogP contribution in [0.4, 0.5) is 11.5 Å². The van der Waals surface area contributed by atoms with Gasteiger partial charge in [0.25, 0.3) is 11.8 Å². The molecule has 3 N–H and O–H groups in total. The van der Waals surface area contributed by atoms with Crippen molar-refractivity contribution in [1.29, 1.82) is 0 Å². The first-order valence-corrected chi connectivity index (χ1v) is 9.06. The highest BCUT2D eigenvalue weighted by atomic mass is 16.5. The second-order valence-electron chi connectivity index (χ2n) is 6.68. The van der Waals surface area contributed by atoms with E-state index in [0.29, 0.717) is 36.1 Å². The minimum atomic E-state index is -0.347. The zero-order valence-electron chi connectivity index (χ0n) is 15.1. The Morgan fingerprint density at radius 3 is 2.67 bits per heavy atom. The van der Waals surface area contributed by atoms with Gasteiger partial charge in [-0.3, -0.25) is 9.59 Å². The largest absolute Gasteiger partial charge is 0.507 e. The van der Waals surface area contributed by atoms with Crippen molar-refractivity contribution in [3.8, 4) is 11.5 Å². The first kappa shape index (κ1) is 17.3. The third kappa shape index (κ3) is 3.07. The fourth-order valence-corrected chi connectivity index (χ4v) is 3.57. The van der Waals surface area contributed by atoms with E-state index in [2.05, 4.69) is 10.3 Å². The Labute approximate surface area is 156 Å². The summed E-state index contributed by atoms with van der Waals surface area (Å²) in [5, 5.41) is 12.7. The van der Waals surface area contributed by atoms with Crippen molar-refractivity contribution < 1.29 is 19.4 Å². The van der Waals surface area contributed by atoms with E-state index in [0.717, 1.165) is 25.9 Å². The lowest BCUT2D eigenvalue weighted by Gasteiger charge is -2.29. The number of rotatable bonds is 3. The molecule has 1 saturated heterocycles. The Hall–Kier alpha value is -3.16. The van der Waals surface area contributed by atoms with Gasteiger partial charge >= 0.3 is 0 Å². The number of aromatic amines is 1. The van der Waals surface area contributed by atoms with Gasteiger partial charge in [-0.05, 0) is 25.0 Å². The van der Waals surface area contributed by atoms with Crippen molar-refractivity contribution >= 4 is 23.3 Å². The molecule has 0 aliphatic carbocycles. The molecule has 1 aromatic heterocycles. The Balaban J connectivity index is 1.64.